The molecule has 1 N–H and O–H groups in total. The van der Waals surface area contributed by atoms with Crippen LogP contribution < -0.4 is 5.32 Å². The zero-order valence-electron chi connectivity index (χ0n) is 12.5. The molecule has 1 saturated heterocycles. The van der Waals surface area contributed by atoms with Crippen LogP contribution in [0.1, 0.15) is 31.6 Å². The zero-order valence-corrected chi connectivity index (χ0v) is 14.1. The molecule has 3 nitrogen and oxygen atoms in total. The van der Waals surface area contributed by atoms with Crippen molar-refractivity contribution in [3.05, 3.63) is 22.4 Å². The first-order chi connectivity index (χ1) is 9.05. The molecule has 1 aliphatic heterocycles. The molecular formula is C15H25ClN2OS. The van der Waals surface area contributed by atoms with Gasteiger partial charge in [-0.2, -0.15) is 0 Å². The Morgan fingerprint density at radius 2 is 2.30 bits per heavy atom. The Labute approximate surface area is 132 Å². The average molecular weight is 317 g/mol. The maximum atomic E-state index is 12.8. The van der Waals surface area contributed by atoms with E-state index in [1.165, 1.54) is 6.42 Å². The van der Waals surface area contributed by atoms with E-state index in [1.807, 2.05) is 32.3 Å². The largest absolute Gasteiger partial charge is 0.342 e. The van der Waals surface area contributed by atoms with E-state index in [-0.39, 0.29) is 18.3 Å². The van der Waals surface area contributed by atoms with Crippen LogP contribution in [0.4, 0.5) is 0 Å². The Hall–Kier alpha value is -0.580. The summed E-state index contributed by atoms with van der Waals surface area (Å²) in [5, 5.41) is 5.27. The molecule has 0 bridgehead atoms. The summed E-state index contributed by atoms with van der Waals surface area (Å²) in [6.07, 6.45) is 2.35. The number of thiophene rings is 1. The van der Waals surface area contributed by atoms with Crippen LogP contribution in [0.15, 0.2) is 17.5 Å². The van der Waals surface area contributed by atoms with Crippen LogP contribution >= 0.6 is 23.7 Å². The third-order valence-corrected chi connectivity index (χ3v) is 5.16. The molecule has 2 heterocycles. The molecule has 0 aromatic carbocycles. The summed E-state index contributed by atoms with van der Waals surface area (Å²) in [5.41, 5.74) is -0.393. The topological polar surface area (TPSA) is 32.3 Å². The number of carbonyl (C=O) groups is 1. The van der Waals surface area contributed by atoms with Crippen molar-refractivity contribution >= 4 is 29.7 Å². The number of likely N-dealkylation sites (tertiary alicyclic amines) is 1. The lowest BCUT2D eigenvalue weighted by atomic mass is 9.87. The smallest absolute Gasteiger partial charge is 0.233 e. The maximum Gasteiger partial charge on any atom is 0.233 e. The molecule has 0 aliphatic carbocycles. The zero-order chi connectivity index (χ0) is 13.9. The first-order valence-electron chi connectivity index (χ1n) is 7.03. The Balaban J connectivity index is 0.00000200. The van der Waals surface area contributed by atoms with Crippen molar-refractivity contribution in [1.82, 2.24) is 10.2 Å². The van der Waals surface area contributed by atoms with Gasteiger partial charge in [-0.05, 0) is 57.6 Å². The predicted molar refractivity (Wildman–Crippen MR) is 87.8 cm³/mol. The molecule has 114 valence electrons. The van der Waals surface area contributed by atoms with E-state index < -0.39 is 5.41 Å². The highest BCUT2D eigenvalue weighted by atomic mass is 35.5. The van der Waals surface area contributed by atoms with Gasteiger partial charge >= 0.3 is 0 Å². The van der Waals surface area contributed by atoms with Crippen molar-refractivity contribution in [2.75, 3.05) is 26.7 Å². The number of rotatable bonds is 4. The molecule has 0 saturated carbocycles. The standard InChI is InChI=1S/C15H24N2OS.ClH/c1-15(2,13-7-5-9-19-13)14(18)17-8-4-6-12(11-17)10-16-3;/h5,7,9,12,16H,4,6,8,10-11H2,1-3H3;1H. The highest BCUT2D eigenvalue weighted by Gasteiger charge is 2.36. The van der Waals surface area contributed by atoms with Gasteiger partial charge in [-0.3, -0.25) is 4.79 Å². The quantitative estimate of drug-likeness (QED) is 0.926. The fourth-order valence-corrected chi connectivity index (χ4v) is 3.68. The van der Waals surface area contributed by atoms with Gasteiger partial charge in [0.1, 0.15) is 0 Å². The number of hydrogen-bond donors (Lipinski definition) is 1. The number of piperidine rings is 1. The van der Waals surface area contributed by atoms with E-state index in [2.05, 4.69) is 16.3 Å². The third-order valence-electron chi connectivity index (χ3n) is 3.97. The number of halogens is 1. The summed E-state index contributed by atoms with van der Waals surface area (Å²) in [6, 6.07) is 4.09. The van der Waals surface area contributed by atoms with Crippen LogP contribution in [0.25, 0.3) is 0 Å². The summed E-state index contributed by atoms with van der Waals surface area (Å²) in [5.74, 6) is 0.873. The molecule has 1 unspecified atom stereocenters. The number of hydrogen-bond acceptors (Lipinski definition) is 3. The molecule has 1 fully saturated rings. The molecule has 1 atom stereocenters. The minimum Gasteiger partial charge on any atom is -0.342 e. The van der Waals surface area contributed by atoms with Crippen molar-refractivity contribution in [2.24, 2.45) is 5.92 Å². The van der Waals surface area contributed by atoms with Gasteiger partial charge in [0, 0.05) is 18.0 Å². The highest BCUT2D eigenvalue weighted by Crippen LogP contribution is 2.31. The molecular weight excluding hydrogens is 292 g/mol. The summed E-state index contributed by atoms with van der Waals surface area (Å²) in [4.78, 5) is 16.0. The van der Waals surface area contributed by atoms with E-state index in [0.717, 1.165) is 30.9 Å². The number of amides is 1. The molecule has 1 amide bonds. The fraction of sp³-hybridized carbons (Fsp3) is 0.667. The lowest BCUT2D eigenvalue weighted by molar-refractivity contribution is -0.138. The van der Waals surface area contributed by atoms with Crippen molar-refractivity contribution in [3.8, 4) is 0 Å². The van der Waals surface area contributed by atoms with E-state index in [1.54, 1.807) is 11.3 Å². The Bertz CT molecular complexity index is 418. The molecule has 5 heteroatoms. The Morgan fingerprint density at radius 1 is 1.55 bits per heavy atom. The molecule has 0 radical (unpaired) electrons. The summed E-state index contributed by atoms with van der Waals surface area (Å²) < 4.78 is 0. The lowest BCUT2D eigenvalue weighted by Crippen LogP contribution is -2.48. The Morgan fingerprint density at radius 3 is 2.90 bits per heavy atom. The van der Waals surface area contributed by atoms with Crippen LogP contribution in [0, 0.1) is 5.92 Å². The lowest BCUT2D eigenvalue weighted by Gasteiger charge is -2.37. The second kappa shape index (κ2) is 7.43. The van der Waals surface area contributed by atoms with Crippen LogP contribution in [-0.4, -0.2) is 37.5 Å². The van der Waals surface area contributed by atoms with Gasteiger partial charge in [0.2, 0.25) is 5.91 Å². The van der Waals surface area contributed by atoms with Gasteiger partial charge in [0.25, 0.3) is 0 Å². The Kier molecular flexibility index (Phi) is 6.49. The molecule has 1 aromatic rings. The molecule has 1 aliphatic rings. The monoisotopic (exact) mass is 316 g/mol. The van der Waals surface area contributed by atoms with Gasteiger partial charge in [0.05, 0.1) is 5.41 Å². The number of carbonyl (C=O) groups excluding carboxylic acids is 1. The second-order valence-electron chi connectivity index (χ2n) is 5.92. The average Bonchev–Trinajstić information content (AvgIpc) is 2.93. The van der Waals surface area contributed by atoms with Crippen LogP contribution in [-0.2, 0) is 10.2 Å². The minimum atomic E-state index is -0.393. The van der Waals surface area contributed by atoms with Gasteiger partial charge in [-0.25, -0.2) is 0 Å². The second-order valence-corrected chi connectivity index (χ2v) is 6.87. The van der Waals surface area contributed by atoms with Crippen LogP contribution in [0.2, 0.25) is 0 Å². The van der Waals surface area contributed by atoms with Gasteiger partial charge < -0.3 is 10.2 Å². The van der Waals surface area contributed by atoms with Crippen molar-refractivity contribution in [3.63, 3.8) is 0 Å². The highest BCUT2D eigenvalue weighted by molar-refractivity contribution is 7.10. The number of nitrogens with zero attached hydrogens (tertiary/aromatic N) is 1. The normalized spacial score (nSPS) is 19.6. The minimum absolute atomic E-state index is 0. The summed E-state index contributed by atoms with van der Waals surface area (Å²) in [6.45, 7) is 6.90. The molecule has 0 spiro atoms. The van der Waals surface area contributed by atoms with Gasteiger partial charge in [-0.15, -0.1) is 23.7 Å². The first kappa shape index (κ1) is 17.5. The predicted octanol–water partition coefficient (Wildman–Crippen LogP) is 2.91. The maximum absolute atomic E-state index is 12.8. The van der Waals surface area contributed by atoms with E-state index in [0.29, 0.717) is 5.92 Å². The van der Waals surface area contributed by atoms with Gasteiger partial charge in [-0.1, -0.05) is 6.07 Å². The van der Waals surface area contributed by atoms with Crippen LogP contribution in [0.5, 0.6) is 0 Å². The summed E-state index contributed by atoms with van der Waals surface area (Å²) in [7, 11) is 1.98. The van der Waals surface area contributed by atoms with Crippen molar-refractivity contribution in [1.29, 1.82) is 0 Å². The third kappa shape index (κ3) is 3.74. The molecule has 20 heavy (non-hydrogen) atoms. The first-order valence-corrected chi connectivity index (χ1v) is 7.91. The van der Waals surface area contributed by atoms with Gasteiger partial charge in [0.15, 0.2) is 0 Å². The van der Waals surface area contributed by atoms with Crippen LogP contribution in [0.3, 0.4) is 0 Å². The van der Waals surface area contributed by atoms with E-state index >= 15 is 0 Å². The fourth-order valence-electron chi connectivity index (χ4n) is 2.84. The van der Waals surface area contributed by atoms with Crippen molar-refractivity contribution < 1.29 is 4.79 Å². The van der Waals surface area contributed by atoms with E-state index in [4.69, 9.17) is 0 Å². The SMILES string of the molecule is CNCC1CCCN(C(=O)C(C)(C)c2cccs2)C1.Cl. The molecule has 1 aromatic heterocycles. The van der Waals surface area contributed by atoms with Crippen molar-refractivity contribution in [2.45, 2.75) is 32.1 Å². The molecule has 2 rings (SSSR count). The van der Waals surface area contributed by atoms with E-state index in [9.17, 15) is 4.79 Å². The number of nitrogens with one attached hydrogen (secondary N) is 1. The summed E-state index contributed by atoms with van der Waals surface area (Å²) >= 11 is 1.67.